The maximum Gasteiger partial charge on any atom is 0.309 e. The molecular formula is C18H13NO4. The van der Waals surface area contributed by atoms with E-state index in [9.17, 15) is 4.79 Å². The molecule has 0 atom stereocenters. The number of nitrogens with zero attached hydrogens (tertiary/aromatic N) is 1. The van der Waals surface area contributed by atoms with Crippen molar-refractivity contribution in [3.8, 4) is 11.5 Å². The zero-order valence-electron chi connectivity index (χ0n) is 12.4. The zero-order chi connectivity index (χ0) is 15.8. The van der Waals surface area contributed by atoms with Gasteiger partial charge in [-0.2, -0.15) is 0 Å². The number of methoxy groups -OCH3 is 1. The monoisotopic (exact) mass is 307 g/mol. The fourth-order valence-corrected chi connectivity index (χ4v) is 2.58. The van der Waals surface area contributed by atoms with Gasteiger partial charge in [0.25, 0.3) is 0 Å². The third-order valence-electron chi connectivity index (χ3n) is 3.74. The largest absolute Gasteiger partial charge is 0.469 e. The second-order valence-corrected chi connectivity index (χ2v) is 5.22. The van der Waals surface area contributed by atoms with E-state index in [2.05, 4.69) is 9.72 Å². The molecule has 0 aliphatic carbocycles. The van der Waals surface area contributed by atoms with Crippen molar-refractivity contribution in [2.45, 2.75) is 6.42 Å². The Labute approximate surface area is 131 Å². The molecule has 2 aromatic heterocycles. The molecule has 0 amide bonds. The first-order valence-corrected chi connectivity index (χ1v) is 7.17. The van der Waals surface area contributed by atoms with Gasteiger partial charge in [0, 0.05) is 5.39 Å². The minimum absolute atomic E-state index is 0.205. The molecular weight excluding hydrogens is 294 g/mol. The molecule has 0 unspecified atom stereocenters. The molecule has 23 heavy (non-hydrogen) atoms. The average molecular weight is 307 g/mol. The highest BCUT2D eigenvalue weighted by atomic mass is 16.5. The lowest BCUT2D eigenvalue weighted by Gasteiger charge is -1.98. The smallest absolute Gasteiger partial charge is 0.309 e. The lowest BCUT2D eigenvalue weighted by molar-refractivity contribution is -0.139. The van der Waals surface area contributed by atoms with Crippen molar-refractivity contribution in [1.29, 1.82) is 0 Å². The summed E-state index contributed by atoms with van der Waals surface area (Å²) in [6.45, 7) is 0. The summed E-state index contributed by atoms with van der Waals surface area (Å²) >= 11 is 0. The van der Waals surface area contributed by atoms with E-state index >= 15 is 0 Å². The highest BCUT2D eigenvalue weighted by molar-refractivity contribution is 5.93. The Kier molecular flexibility index (Phi) is 3.12. The van der Waals surface area contributed by atoms with E-state index in [1.165, 1.54) is 7.11 Å². The van der Waals surface area contributed by atoms with Gasteiger partial charge in [-0.25, -0.2) is 4.98 Å². The van der Waals surface area contributed by atoms with Crippen LogP contribution >= 0.6 is 0 Å². The van der Waals surface area contributed by atoms with Crippen molar-refractivity contribution in [3.05, 3.63) is 54.3 Å². The van der Waals surface area contributed by atoms with Crippen molar-refractivity contribution in [2.75, 3.05) is 7.11 Å². The molecule has 0 radical (unpaired) electrons. The minimum Gasteiger partial charge on any atom is -0.469 e. The molecule has 4 aromatic rings. The van der Waals surface area contributed by atoms with Crippen LogP contribution in [0.4, 0.5) is 0 Å². The van der Waals surface area contributed by atoms with Gasteiger partial charge in [-0.15, -0.1) is 0 Å². The van der Waals surface area contributed by atoms with Gasteiger partial charge in [0.15, 0.2) is 5.58 Å². The van der Waals surface area contributed by atoms with Crippen molar-refractivity contribution in [2.24, 2.45) is 0 Å². The van der Waals surface area contributed by atoms with Crippen LogP contribution in [0, 0.1) is 0 Å². The molecule has 0 saturated heterocycles. The maximum atomic E-state index is 11.4. The molecule has 0 bridgehead atoms. The summed E-state index contributed by atoms with van der Waals surface area (Å²) in [6.07, 6.45) is 1.85. The molecule has 5 heteroatoms. The van der Waals surface area contributed by atoms with E-state index in [-0.39, 0.29) is 12.4 Å². The number of hydrogen-bond acceptors (Lipinski definition) is 5. The Hall–Kier alpha value is -3.08. The highest BCUT2D eigenvalue weighted by Crippen LogP contribution is 2.32. The highest BCUT2D eigenvalue weighted by Gasteiger charge is 2.15. The summed E-state index contributed by atoms with van der Waals surface area (Å²) in [5.74, 6) is 0.213. The standard InChI is InChI=1S/C18H13NO4/c1-21-17(20)9-11-6-7-14-16(8-11)23-18(19-14)13-10-22-15-5-3-2-4-12(13)15/h2-8,10H,9H2,1H3. The minimum atomic E-state index is -0.287. The average Bonchev–Trinajstić information content (AvgIpc) is 3.17. The molecule has 0 spiro atoms. The molecule has 2 aromatic carbocycles. The van der Waals surface area contributed by atoms with Gasteiger partial charge in [0.1, 0.15) is 17.4 Å². The van der Waals surface area contributed by atoms with Crippen LogP contribution in [-0.4, -0.2) is 18.1 Å². The van der Waals surface area contributed by atoms with Gasteiger partial charge in [-0.3, -0.25) is 4.79 Å². The van der Waals surface area contributed by atoms with Gasteiger partial charge < -0.3 is 13.6 Å². The van der Waals surface area contributed by atoms with Crippen LogP contribution in [0.15, 0.2) is 57.6 Å². The SMILES string of the molecule is COC(=O)Cc1ccc2nc(-c3coc4ccccc34)oc2c1. The fraction of sp³-hybridized carbons (Fsp3) is 0.111. The predicted octanol–water partition coefficient (Wildman–Crippen LogP) is 3.96. The van der Waals surface area contributed by atoms with Gasteiger partial charge >= 0.3 is 5.97 Å². The topological polar surface area (TPSA) is 65.5 Å². The Morgan fingerprint density at radius 3 is 2.91 bits per heavy atom. The van der Waals surface area contributed by atoms with E-state index in [0.29, 0.717) is 11.5 Å². The number of esters is 1. The van der Waals surface area contributed by atoms with Crippen LogP contribution in [0.25, 0.3) is 33.5 Å². The summed E-state index contributed by atoms with van der Waals surface area (Å²) in [7, 11) is 1.37. The number of ether oxygens (including phenoxy) is 1. The van der Waals surface area contributed by atoms with Crippen molar-refractivity contribution < 1.29 is 18.4 Å². The summed E-state index contributed by atoms with van der Waals surface area (Å²) < 4.78 is 16.1. The number of hydrogen-bond donors (Lipinski definition) is 0. The number of aromatic nitrogens is 1. The lowest BCUT2D eigenvalue weighted by atomic mass is 10.1. The first-order valence-electron chi connectivity index (χ1n) is 7.17. The number of benzene rings is 2. The van der Waals surface area contributed by atoms with E-state index < -0.39 is 0 Å². The number of rotatable bonds is 3. The molecule has 114 valence electrons. The Balaban J connectivity index is 1.78. The van der Waals surface area contributed by atoms with Crippen LogP contribution in [0.3, 0.4) is 0 Å². The summed E-state index contributed by atoms with van der Waals surface area (Å²) in [5, 5.41) is 0.953. The van der Waals surface area contributed by atoms with Crippen LogP contribution in [0.1, 0.15) is 5.56 Å². The van der Waals surface area contributed by atoms with E-state index in [4.69, 9.17) is 8.83 Å². The van der Waals surface area contributed by atoms with Gasteiger partial charge in [0.05, 0.1) is 19.1 Å². The number of oxazole rings is 1. The lowest BCUT2D eigenvalue weighted by Crippen LogP contribution is -2.03. The molecule has 4 rings (SSSR count). The first kappa shape index (κ1) is 13.6. The number of furan rings is 1. The molecule has 2 heterocycles. The second-order valence-electron chi connectivity index (χ2n) is 5.22. The number of carbonyl (C=O) groups is 1. The van der Waals surface area contributed by atoms with Crippen molar-refractivity contribution >= 4 is 28.0 Å². The van der Waals surface area contributed by atoms with Gasteiger partial charge in [0.2, 0.25) is 5.89 Å². The quantitative estimate of drug-likeness (QED) is 0.536. The number of fused-ring (bicyclic) bond motifs is 2. The normalized spacial score (nSPS) is 11.2. The molecule has 0 aliphatic rings. The fourth-order valence-electron chi connectivity index (χ4n) is 2.58. The van der Waals surface area contributed by atoms with Crippen molar-refractivity contribution in [3.63, 3.8) is 0 Å². The molecule has 0 fully saturated rings. The molecule has 0 aliphatic heterocycles. The third kappa shape index (κ3) is 2.36. The molecule has 0 saturated carbocycles. The van der Waals surface area contributed by atoms with E-state index in [0.717, 1.165) is 27.6 Å². The Morgan fingerprint density at radius 1 is 1.17 bits per heavy atom. The summed E-state index contributed by atoms with van der Waals surface area (Å²) in [4.78, 5) is 15.9. The van der Waals surface area contributed by atoms with Crippen LogP contribution < -0.4 is 0 Å². The first-order chi connectivity index (χ1) is 11.2. The van der Waals surface area contributed by atoms with Crippen LogP contribution in [0.2, 0.25) is 0 Å². The maximum absolute atomic E-state index is 11.4. The second kappa shape index (κ2) is 5.28. The predicted molar refractivity (Wildman–Crippen MR) is 84.9 cm³/mol. The summed E-state index contributed by atoms with van der Waals surface area (Å²) in [5.41, 5.74) is 3.79. The van der Waals surface area contributed by atoms with Gasteiger partial charge in [-0.05, 0) is 23.8 Å². The van der Waals surface area contributed by atoms with Crippen molar-refractivity contribution in [1.82, 2.24) is 4.98 Å². The molecule has 5 nitrogen and oxygen atoms in total. The Bertz CT molecular complexity index is 1010. The third-order valence-corrected chi connectivity index (χ3v) is 3.74. The van der Waals surface area contributed by atoms with Crippen LogP contribution in [0.5, 0.6) is 0 Å². The van der Waals surface area contributed by atoms with Crippen LogP contribution in [-0.2, 0) is 16.0 Å². The zero-order valence-corrected chi connectivity index (χ0v) is 12.4. The van der Waals surface area contributed by atoms with E-state index in [1.54, 1.807) is 6.26 Å². The number of carbonyl (C=O) groups excluding carboxylic acids is 1. The molecule has 0 N–H and O–H groups in total. The van der Waals surface area contributed by atoms with E-state index in [1.807, 2.05) is 42.5 Å². The van der Waals surface area contributed by atoms with Gasteiger partial charge in [-0.1, -0.05) is 24.3 Å². The summed E-state index contributed by atoms with van der Waals surface area (Å²) in [6, 6.07) is 13.2. The Morgan fingerprint density at radius 2 is 2.04 bits per heavy atom. The number of para-hydroxylation sites is 1.